The molecule has 0 spiro atoms. The first kappa shape index (κ1) is 15.2. The Morgan fingerprint density at radius 2 is 2.17 bits per heavy atom. The summed E-state index contributed by atoms with van der Waals surface area (Å²) in [6, 6.07) is 4.33. The fourth-order valence-electron chi connectivity index (χ4n) is 1.34. The maximum Gasteiger partial charge on any atom is 0.224 e. The average Bonchev–Trinajstić information content (AvgIpc) is 2.34. The van der Waals surface area contributed by atoms with Gasteiger partial charge in [-0.3, -0.25) is 4.79 Å². The molecule has 0 aliphatic rings. The second-order valence-corrected chi connectivity index (χ2v) is 4.31. The van der Waals surface area contributed by atoms with Crippen LogP contribution in [0.2, 0.25) is 5.02 Å². The highest BCUT2D eigenvalue weighted by Gasteiger charge is 2.11. The zero-order valence-corrected chi connectivity index (χ0v) is 11.2. The molecule has 1 N–H and O–H groups in total. The quantitative estimate of drug-likeness (QED) is 0.619. The van der Waals surface area contributed by atoms with Gasteiger partial charge in [-0.05, 0) is 12.1 Å². The Morgan fingerprint density at radius 3 is 2.83 bits per heavy atom. The number of alkyl halides is 1. The van der Waals surface area contributed by atoms with Gasteiger partial charge < -0.3 is 10.1 Å². The minimum Gasteiger partial charge on any atom is -0.378 e. The van der Waals surface area contributed by atoms with Gasteiger partial charge >= 0.3 is 0 Å². The lowest BCUT2D eigenvalue weighted by Gasteiger charge is -2.07. The van der Waals surface area contributed by atoms with Crippen molar-refractivity contribution >= 4 is 29.1 Å². The first-order chi connectivity index (χ1) is 8.65. The summed E-state index contributed by atoms with van der Waals surface area (Å²) in [7, 11) is 0. The fraction of sp³-hybridized carbons (Fsp3) is 0.417. The zero-order chi connectivity index (χ0) is 13.4. The van der Waals surface area contributed by atoms with E-state index in [9.17, 15) is 9.18 Å². The summed E-state index contributed by atoms with van der Waals surface area (Å²) in [6.45, 7) is 1.18. The molecule has 0 atom stereocenters. The van der Waals surface area contributed by atoms with E-state index in [0.717, 1.165) is 0 Å². The number of carbonyl (C=O) groups excluding carboxylic acids is 1. The Kier molecular flexibility index (Phi) is 7.01. The molecule has 1 amide bonds. The van der Waals surface area contributed by atoms with Crippen molar-refractivity contribution in [2.45, 2.75) is 6.42 Å². The topological polar surface area (TPSA) is 38.3 Å². The van der Waals surface area contributed by atoms with Gasteiger partial charge in [0.25, 0.3) is 0 Å². The number of hydrogen-bond acceptors (Lipinski definition) is 2. The van der Waals surface area contributed by atoms with Crippen LogP contribution in [0.15, 0.2) is 18.2 Å². The summed E-state index contributed by atoms with van der Waals surface area (Å²) < 4.78 is 18.5. The molecule has 1 aromatic rings. The monoisotopic (exact) mass is 293 g/mol. The Labute approximate surface area is 115 Å². The van der Waals surface area contributed by atoms with Crippen LogP contribution in [0.1, 0.15) is 5.56 Å². The second-order valence-electron chi connectivity index (χ2n) is 3.53. The predicted octanol–water partition coefficient (Wildman–Crippen LogP) is 2.39. The minimum atomic E-state index is -0.476. The molecule has 3 nitrogen and oxygen atoms in total. The van der Waals surface area contributed by atoms with E-state index < -0.39 is 5.82 Å². The molecule has 0 aliphatic carbocycles. The van der Waals surface area contributed by atoms with Gasteiger partial charge in [0.2, 0.25) is 5.91 Å². The van der Waals surface area contributed by atoms with Crippen molar-refractivity contribution in [1.82, 2.24) is 5.32 Å². The van der Waals surface area contributed by atoms with Crippen LogP contribution in [0.25, 0.3) is 0 Å². The van der Waals surface area contributed by atoms with E-state index >= 15 is 0 Å². The van der Waals surface area contributed by atoms with Gasteiger partial charge in [-0.25, -0.2) is 4.39 Å². The van der Waals surface area contributed by atoms with E-state index in [4.69, 9.17) is 27.9 Å². The number of carbonyl (C=O) groups is 1. The van der Waals surface area contributed by atoms with E-state index in [1.807, 2.05) is 0 Å². The van der Waals surface area contributed by atoms with Crippen molar-refractivity contribution in [1.29, 1.82) is 0 Å². The third-order valence-electron chi connectivity index (χ3n) is 2.19. The van der Waals surface area contributed by atoms with Crippen LogP contribution in [0, 0.1) is 5.82 Å². The second kappa shape index (κ2) is 8.29. The predicted molar refractivity (Wildman–Crippen MR) is 69.7 cm³/mol. The molecule has 6 heteroatoms. The molecule has 0 saturated heterocycles. The van der Waals surface area contributed by atoms with E-state index in [2.05, 4.69) is 5.32 Å². The molecule has 0 aliphatic heterocycles. The Morgan fingerprint density at radius 1 is 1.39 bits per heavy atom. The Hall–Kier alpha value is -0.840. The first-order valence-corrected chi connectivity index (χ1v) is 6.39. The number of hydrogen-bond donors (Lipinski definition) is 1. The van der Waals surface area contributed by atoms with E-state index in [0.29, 0.717) is 25.6 Å². The third-order valence-corrected chi connectivity index (χ3v) is 2.70. The SMILES string of the molecule is O=C(Cc1c(F)cccc1Cl)NCCOCCCl. The van der Waals surface area contributed by atoms with Crippen molar-refractivity contribution in [3.8, 4) is 0 Å². The molecule has 0 aromatic heterocycles. The number of benzene rings is 1. The summed E-state index contributed by atoms with van der Waals surface area (Å²) in [5.41, 5.74) is 0.207. The fourth-order valence-corrected chi connectivity index (χ4v) is 1.68. The highest BCUT2D eigenvalue weighted by molar-refractivity contribution is 6.31. The lowest BCUT2D eigenvalue weighted by molar-refractivity contribution is -0.120. The number of amides is 1. The van der Waals surface area contributed by atoms with Crippen molar-refractivity contribution in [2.75, 3.05) is 25.6 Å². The number of rotatable bonds is 7. The normalized spacial score (nSPS) is 10.4. The minimum absolute atomic E-state index is 0.0823. The Balaban J connectivity index is 2.36. The molecule has 1 aromatic carbocycles. The average molecular weight is 294 g/mol. The van der Waals surface area contributed by atoms with Gasteiger partial charge in [-0.2, -0.15) is 0 Å². The summed E-state index contributed by atoms with van der Waals surface area (Å²) >= 11 is 11.2. The van der Waals surface area contributed by atoms with Gasteiger partial charge in [-0.15, -0.1) is 11.6 Å². The molecule has 0 unspecified atom stereocenters. The smallest absolute Gasteiger partial charge is 0.224 e. The lowest BCUT2D eigenvalue weighted by Crippen LogP contribution is -2.29. The lowest BCUT2D eigenvalue weighted by atomic mass is 10.1. The summed E-state index contributed by atoms with van der Waals surface area (Å²) in [4.78, 5) is 11.5. The number of ether oxygens (including phenoxy) is 1. The molecular formula is C12H14Cl2FNO2. The number of nitrogens with one attached hydrogen (secondary N) is 1. The van der Waals surface area contributed by atoms with Gasteiger partial charge in [0, 0.05) is 23.0 Å². The molecule has 0 heterocycles. The molecule has 0 bridgehead atoms. The number of halogens is 3. The zero-order valence-electron chi connectivity index (χ0n) is 9.72. The Bertz CT molecular complexity index is 381. The summed E-state index contributed by atoms with van der Waals surface area (Å²) in [5.74, 6) is -0.355. The van der Waals surface area contributed by atoms with E-state index in [1.54, 1.807) is 6.07 Å². The first-order valence-electron chi connectivity index (χ1n) is 5.48. The van der Waals surface area contributed by atoms with Crippen LogP contribution in [-0.4, -0.2) is 31.5 Å². The molecule has 100 valence electrons. The van der Waals surface area contributed by atoms with E-state index in [1.165, 1.54) is 12.1 Å². The van der Waals surface area contributed by atoms with Gasteiger partial charge in [-0.1, -0.05) is 17.7 Å². The molecule has 0 fully saturated rings. The van der Waals surface area contributed by atoms with Gasteiger partial charge in [0.1, 0.15) is 5.82 Å². The molecule has 0 radical (unpaired) electrons. The van der Waals surface area contributed by atoms with Crippen LogP contribution in [-0.2, 0) is 16.0 Å². The maximum atomic E-state index is 13.4. The summed E-state index contributed by atoms with van der Waals surface area (Å²) in [6.07, 6.45) is -0.0823. The highest BCUT2D eigenvalue weighted by atomic mass is 35.5. The molecule has 18 heavy (non-hydrogen) atoms. The van der Waals surface area contributed by atoms with Crippen molar-refractivity contribution in [2.24, 2.45) is 0 Å². The van der Waals surface area contributed by atoms with Crippen LogP contribution in [0.3, 0.4) is 0 Å². The van der Waals surface area contributed by atoms with Gasteiger partial charge in [0.15, 0.2) is 0 Å². The molecular weight excluding hydrogens is 280 g/mol. The van der Waals surface area contributed by atoms with E-state index in [-0.39, 0.29) is 22.9 Å². The van der Waals surface area contributed by atoms with Crippen LogP contribution in [0.5, 0.6) is 0 Å². The van der Waals surface area contributed by atoms with Crippen molar-refractivity contribution < 1.29 is 13.9 Å². The van der Waals surface area contributed by atoms with Crippen LogP contribution >= 0.6 is 23.2 Å². The van der Waals surface area contributed by atoms with Crippen LogP contribution in [0.4, 0.5) is 4.39 Å². The van der Waals surface area contributed by atoms with Crippen molar-refractivity contribution in [3.63, 3.8) is 0 Å². The standard InChI is InChI=1S/C12H14Cl2FNO2/c13-4-6-18-7-5-16-12(17)8-9-10(14)2-1-3-11(9)15/h1-3H,4-8H2,(H,16,17). The summed E-state index contributed by atoms with van der Waals surface area (Å²) in [5, 5.41) is 2.87. The largest absolute Gasteiger partial charge is 0.378 e. The van der Waals surface area contributed by atoms with Crippen LogP contribution < -0.4 is 5.32 Å². The maximum absolute atomic E-state index is 13.4. The molecule has 1 rings (SSSR count). The highest BCUT2D eigenvalue weighted by Crippen LogP contribution is 2.19. The molecule has 0 saturated carbocycles. The van der Waals surface area contributed by atoms with Crippen molar-refractivity contribution in [3.05, 3.63) is 34.6 Å². The third kappa shape index (κ3) is 5.21. The van der Waals surface area contributed by atoms with Gasteiger partial charge in [0.05, 0.1) is 19.6 Å².